The van der Waals surface area contributed by atoms with E-state index in [1.165, 1.54) is 5.56 Å². The van der Waals surface area contributed by atoms with Gasteiger partial charge in [-0.2, -0.15) is 0 Å². The van der Waals surface area contributed by atoms with Gasteiger partial charge in [-0.05, 0) is 37.1 Å². The van der Waals surface area contributed by atoms with E-state index in [0.717, 1.165) is 17.0 Å². The summed E-state index contributed by atoms with van der Waals surface area (Å²) in [5.41, 5.74) is 3.97. The van der Waals surface area contributed by atoms with Crippen LogP contribution in [0.5, 0.6) is 5.75 Å². The van der Waals surface area contributed by atoms with E-state index >= 15 is 0 Å². The van der Waals surface area contributed by atoms with Crippen molar-refractivity contribution in [3.05, 3.63) is 71.4 Å². The second-order valence-corrected chi connectivity index (χ2v) is 6.45. The maximum atomic E-state index is 12.6. The zero-order valence-electron chi connectivity index (χ0n) is 14.4. The van der Waals surface area contributed by atoms with Gasteiger partial charge >= 0.3 is 5.97 Å². The van der Waals surface area contributed by atoms with Crippen LogP contribution >= 0.6 is 0 Å². The largest absolute Gasteiger partial charge is 0.468 e. The lowest BCUT2D eigenvalue weighted by atomic mass is 9.85. The van der Waals surface area contributed by atoms with E-state index in [1.807, 2.05) is 43.5 Å². The lowest BCUT2D eigenvalue weighted by molar-refractivity contribution is -0.139. The number of hydrogen-bond acceptors (Lipinski definition) is 4. The smallest absolute Gasteiger partial charge is 0.336 e. The quantitative estimate of drug-likeness (QED) is 0.790. The zero-order valence-corrected chi connectivity index (χ0v) is 14.4. The van der Waals surface area contributed by atoms with Crippen LogP contribution in [-0.2, 0) is 9.53 Å². The normalized spacial score (nSPS) is 21.0. The molecule has 4 heteroatoms. The first-order valence-corrected chi connectivity index (χ1v) is 8.67. The third-order valence-electron chi connectivity index (χ3n) is 4.77. The average Bonchev–Trinajstić information content (AvgIpc) is 2.98. The van der Waals surface area contributed by atoms with Crippen molar-refractivity contribution < 1.29 is 14.3 Å². The van der Waals surface area contributed by atoms with E-state index in [1.54, 1.807) is 0 Å². The zero-order chi connectivity index (χ0) is 17.4. The molecule has 0 spiro atoms. The molecule has 0 N–H and O–H groups in total. The predicted molar refractivity (Wildman–Crippen MR) is 96.6 cm³/mol. The van der Waals surface area contributed by atoms with Gasteiger partial charge in [-0.1, -0.05) is 36.4 Å². The number of esters is 1. The Bertz CT molecular complexity index is 828. The highest BCUT2D eigenvalue weighted by molar-refractivity contribution is 5.91. The molecule has 1 unspecified atom stereocenters. The van der Waals surface area contributed by atoms with Gasteiger partial charge in [0, 0.05) is 18.5 Å². The number of fused-ring (bicyclic) bond motifs is 3. The van der Waals surface area contributed by atoms with E-state index in [9.17, 15) is 4.79 Å². The molecule has 2 aliphatic rings. The third kappa shape index (κ3) is 2.78. The second kappa shape index (κ2) is 6.28. The van der Waals surface area contributed by atoms with Crippen molar-refractivity contribution in [2.45, 2.75) is 32.4 Å². The minimum Gasteiger partial charge on any atom is -0.468 e. The Morgan fingerprint density at radius 1 is 1.24 bits per heavy atom. The van der Waals surface area contributed by atoms with E-state index in [4.69, 9.17) is 9.47 Å². The highest BCUT2D eigenvalue weighted by Gasteiger charge is 2.40. The summed E-state index contributed by atoms with van der Waals surface area (Å²) < 4.78 is 11.5. The summed E-state index contributed by atoms with van der Waals surface area (Å²) >= 11 is 0. The molecule has 25 heavy (non-hydrogen) atoms. The van der Waals surface area contributed by atoms with E-state index in [0.29, 0.717) is 18.6 Å². The van der Waals surface area contributed by atoms with E-state index in [2.05, 4.69) is 30.0 Å². The molecule has 2 atom stereocenters. The van der Waals surface area contributed by atoms with Crippen LogP contribution in [0.4, 0.5) is 5.69 Å². The van der Waals surface area contributed by atoms with Gasteiger partial charge in [-0.25, -0.2) is 4.79 Å². The second-order valence-electron chi connectivity index (χ2n) is 6.45. The van der Waals surface area contributed by atoms with Crippen molar-refractivity contribution in [3.63, 3.8) is 0 Å². The average molecular weight is 335 g/mol. The SMILES string of the molecule is CCOC(=O)C1=CN2c3cc(C)ccc3OC2C[C@H]1c1ccccc1. The summed E-state index contributed by atoms with van der Waals surface area (Å²) in [5.74, 6) is 0.580. The maximum absolute atomic E-state index is 12.6. The first kappa shape index (κ1) is 15.8. The monoisotopic (exact) mass is 335 g/mol. The summed E-state index contributed by atoms with van der Waals surface area (Å²) in [6.07, 6.45) is 2.53. The Morgan fingerprint density at radius 3 is 2.80 bits per heavy atom. The molecule has 0 radical (unpaired) electrons. The van der Waals surface area contributed by atoms with Crippen LogP contribution in [0.2, 0.25) is 0 Å². The topological polar surface area (TPSA) is 38.8 Å². The molecule has 2 aromatic carbocycles. The Morgan fingerprint density at radius 2 is 2.04 bits per heavy atom. The Balaban J connectivity index is 1.77. The summed E-state index contributed by atoms with van der Waals surface area (Å²) in [6, 6.07) is 16.2. The van der Waals surface area contributed by atoms with Gasteiger partial charge < -0.3 is 14.4 Å². The predicted octanol–water partition coefficient (Wildman–Crippen LogP) is 4.15. The molecule has 0 saturated carbocycles. The third-order valence-corrected chi connectivity index (χ3v) is 4.77. The number of carbonyl (C=O) groups excluding carboxylic acids is 1. The number of rotatable bonds is 3. The molecule has 0 bridgehead atoms. The number of carbonyl (C=O) groups is 1. The Kier molecular flexibility index (Phi) is 3.96. The number of aryl methyl sites for hydroxylation is 1. The number of ether oxygens (including phenoxy) is 2. The lowest BCUT2D eigenvalue weighted by Gasteiger charge is -2.33. The van der Waals surface area contributed by atoms with E-state index < -0.39 is 0 Å². The highest BCUT2D eigenvalue weighted by Crippen LogP contribution is 2.45. The minimum absolute atomic E-state index is 0.0306. The van der Waals surface area contributed by atoms with Crippen LogP contribution in [0, 0.1) is 6.92 Å². The van der Waals surface area contributed by atoms with Crippen molar-refractivity contribution in [2.75, 3.05) is 11.5 Å². The van der Waals surface area contributed by atoms with Gasteiger partial charge in [-0.3, -0.25) is 0 Å². The fourth-order valence-electron chi connectivity index (χ4n) is 3.58. The van der Waals surface area contributed by atoms with Gasteiger partial charge in [0.2, 0.25) is 0 Å². The van der Waals surface area contributed by atoms with Crippen molar-refractivity contribution >= 4 is 11.7 Å². The number of anilines is 1. The summed E-state index contributed by atoms with van der Waals surface area (Å²) in [6.45, 7) is 4.26. The van der Waals surface area contributed by atoms with Gasteiger partial charge in [-0.15, -0.1) is 0 Å². The molecule has 0 saturated heterocycles. The molecular formula is C21H21NO3. The molecule has 2 aliphatic heterocycles. The standard InChI is InChI=1S/C21H21NO3/c1-3-24-21(23)17-13-22-18-11-14(2)9-10-19(18)25-20(22)12-16(17)15-7-5-4-6-8-15/h4-11,13,16,20H,3,12H2,1-2H3/t16-,20?/m0/s1. The van der Waals surface area contributed by atoms with Crippen molar-refractivity contribution in [1.29, 1.82) is 0 Å². The number of nitrogens with zero attached hydrogens (tertiary/aromatic N) is 1. The Hall–Kier alpha value is -2.75. The minimum atomic E-state index is -0.254. The number of benzene rings is 2. The highest BCUT2D eigenvalue weighted by atomic mass is 16.5. The van der Waals surface area contributed by atoms with Gasteiger partial charge in [0.25, 0.3) is 0 Å². The van der Waals surface area contributed by atoms with Crippen LogP contribution in [-0.4, -0.2) is 18.8 Å². The van der Waals surface area contributed by atoms with Gasteiger partial charge in [0.05, 0.1) is 17.9 Å². The van der Waals surface area contributed by atoms with Gasteiger partial charge in [0.15, 0.2) is 6.23 Å². The molecule has 0 fully saturated rings. The first-order valence-electron chi connectivity index (χ1n) is 8.67. The van der Waals surface area contributed by atoms with Crippen molar-refractivity contribution in [1.82, 2.24) is 0 Å². The first-order chi connectivity index (χ1) is 12.2. The molecule has 0 amide bonds. The molecule has 128 valence electrons. The molecule has 2 aromatic rings. The summed E-state index contributed by atoms with van der Waals surface area (Å²) in [7, 11) is 0. The molecule has 4 rings (SSSR count). The molecule has 4 nitrogen and oxygen atoms in total. The molecule has 2 heterocycles. The van der Waals surface area contributed by atoms with Crippen LogP contribution < -0.4 is 9.64 Å². The summed E-state index contributed by atoms with van der Waals surface area (Å²) in [5, 5.41) is 0. The van der Waals surface area contributed by atoms with Crippen LogP contribution in [0.3, 0.4) is 0 Å². The molecule has 0 aliphatic carbocycles. The van der Waals surface area contributed by atoms with Crippen LogP contribution in [0.25, 0.3) is 0 Å². The fourth-order valence-corrected chi connectivity index (χ4v) is 3.58. The number of hydrogen-bond donors (Lipinski definition) is 0. The van der Waals surface area contributed by atoms with Crippen molar-refractivity contribution in [2.24, 2.45) is 0 Å². The fraction of sp³-hybridized carbons (Fsp3) is 0.286. The van der Waals surface area contributed by atoms with Crippen molar-refractivity contribution in [3.8, 4) is 5.75 Å². The molecule has 0 aromatic heterocycles. The van der Waals surface area contributed by atoms with E-state index in [-0.39, 0.29) is 18.1 Å². The Labute approximate surface area is 147 Å². The summed E-state index contributed by atoms with van der Waals surface area (Å²) in [4.78, 5) is 14.7. The maximum Gasteiger partial charge on any atom is 0.336 e. The van der Waals surface area contributed by atoms with Crippen LogP contribution in [0.1, 0.15) is 30.4 Å². The van der Waals surface area contributed by atoms with Gasteiger partial charge in [0.1, 0.15) is 5.75 Å². The lowest BCUT2D eigenvalue weighted by Crippen LogP contribution is -2.38. The van der Waals surface area contributed by atoms with Crippen LogP contribution in [0.15, 0.2) is 60.3 Å². The molecular weight excluding hydrogens is 314 g/mol.